The fourth-order valence-electron chi connectivity index (χ4n) is 8.27. The Hall–Kier alpha value is -2.57. The maximum Gasteiger partial charge on any atom is 0.169 e. The van der Waals surface area contributed by atoms with Gasteiger partial charge >= 0.3 is 0 Å². The lowest BCUT2D eigenvalue weighted by Crippen LogP contribution is -2.36. The van der Waals surface area contributed by atoms with Crippen LogP contribution in [0.25, 0.3) is 0 Å². The highest BCUT2D eigenvalue weighted by atomic mass is 32.2. The van der Waals surface area contributed by atoms with Crippen LogP contribution in [-0.2, 0) is 14.2 Å². The van der Waals surface area contributed by atoms with Crippen LogP contribution in [0.4, 0.5) is 0 Å². The fourth-order valence-corrected chi connectivity index (χ4v) is 11.7. The van der Waals surface area contributed by atoms with E-state index < -0.39 is 0 Å². The van der Waals surface area contributed by atoms with E-state index in [1.165, 1.54) is 66.0 Å². The third-order valence-electron chi connectivity index (χ3n) is 14.5. The second kappa shape index (κ2) is 91.5. The third kappa shape index (κ3) is 74.9. The second-order valence-electron chi connectivity index (χ2n) is 24.6. The largest absolute Gasteiger partial charge is 0.483 e. The molecule has 0 saturated carbocycles. The van der Waals surface area contributed by atoms with Gasteiger partial charge in [0.2, 0.25) is 0 Å². The molecule has 0 aromatic carbocycles. The number of nitrogens with one attached hydrogen (secondary N) is 2. The minimum atomic E-state index is 0.405. The Morgan fingerprint density at radius 2 is 0.919 bits per heavy atom. The van der Waals surface area contributed by atoms with Crippen LogP contribution in [0.2, 0.25) is 0 Å². The molecule has 18 heteroatoms. The molecule has 2 N–H and O–H groups in total. The summed E-state index contributed by atoms with van der Waals surface area (Å²) in [5.74, 6) is 13.9. The molecule has 594 valence electrons. The lowest BCUT2D eigenvalue weighted by molar-refractivity contribution is 0.130. The molecular weight excluding hydrogens is 1300 g/mol. The molecule has 7 atom stereocenters. The predicted octanol–water partition coefficient (Wildman–Crippen LogP) is 24.1. The van der Waals surface area contributed by atoms with Crippen molar-refractivity contribution in [2.75, 3.05) is 82.0 Å². The summed E-state index contributed by atoms with van der Waals surface area (Å²) in [4.78, 5) is 37.9. The van der Waals surface area contributed by atoms with Gasteiger partial charge in [0, 0.05) is 105 Å². The highest BCUT2D eigenvalue weighted by Crippen LogP contribution is 2.22. The summed E-state index contributed by atoms with van der Waals surface area (Å²) < 4.78 is 15.3. The Kier molecular flexibility index (Phi) is 106. The molecule has 0 bridgehead atoms. The smallest absolute Gasteiger partial charge is 0.169 e. The molecule has 0 fully saturated rings. The number of hydrogen-bond acceptors (Lipinski definition) is 18. The molecule has 7 unspecified atom stereocenters. The summed E-state index contributed by atoms with van der Waals surface area (Å²) in [6.45, 7) is 84.6. The number of rotatable bonds is 9. The fraction of sp³-hybridized carbons (Fsp3) is 0.889. The van der Waals surface area contributed by atoms with E-state index in [-0.39, 0.29) is 0 Å². The van der Waals surface area contributed by atoms with Crippen molar-refractivity contribution in [3.63, 3.8) is 0 Å². The van der Waals surface area contributed by atoms with Gasteiger partial charge in [-0.05, 0) is 79.4 Å². The first-order valence-corrected chi connectivity index (χ1v) is 44.3. The molecule has 0 spiro atoms. The molecule has 0 aromatic rings. The standard InChI is InChI=1S/2C7H14N2.3C7H13NO.4C7H13NS.9C2H6/c1-6(2)7-3-4-8-5-9-7;1-6(2)7-8-4-3-5-9-7;1-6(2)7-3-8-5-9-4-7;1-6(2)7-3-4-9-5-8-7;1-6(2)7-3-4-8-5-9-7;1-6(2)7-3-8-5-9-4-7;2*1-6(2)7-3-4-9-5-8-7;1-6(2)7-8-4-3-5-9-7;9*1-2/h5-7H,3-4H2,1-2H3,(H,8,9);6H,3-5H2,1-2H3,(H,8,9);6*5-7H,3-4H2,1-2H3;6H,3-5H2,1-2H3;9*1-2H3. The van der Waals surface area contributed by atoms with Gasteiger partial charge in [0.05, 0.1) is 65.2 Å². The minimum Gasteiger partial charge on any atom is -0.483 e. The number of thioether (sulfide) groups is 4. The Bertz CT molecular complexity index is 1620. The zero-order valence-electron chi connectivity index (χ0n) is 72.3. The number of nitrogens with zero attached hydrogens (tertiary/aromatic N) is 9. The predicted molar refractivity (Wildman–Crippen MR) is 471 cm³/mol. The van der Waals surface area contributed by atoms with Crippen molar-refractivity contribution in [2.45, 2.75) is 324 Å². The van der Waals surface area contributed by atoms with E-state index in [0.717, 1.165) is 101 Å². The topological polar surface area (TPSA) is 163 Å². The Labute approximate surface area is 637 Å². The summed E-state index contributed by atoms with van der Waals surface area (Å²) in [6.07, 6.45) is 15.3. The van der Waals surface area contributed by atoms with Gasteiger partial charge in [-0.15, -0.1) is 47.0 Å². The molecule has 9 rings (SSSR count). The van der Waals surface area contributed by atoms with Gasteiger partial charge in [-0.1, -0.05) is 249 Å². The summed E-state index contributed by atoms with van der Waals surface area (Å²) in [6, 6.07) is 2.36. The van der Waals surface area contributed by atoms with Gasteiger partial charge in [-0.3, -0.25) is 44.9 Å². The minimum absolute atomic E-state index is 0.405. The Balaban J connectivity index is -0.000000128. The van der Waals surface area contributed by atoms with Gasteiger partial charge in [0.25, 0.3) is 0 Å². The van der Waals surface area contributed by atoms with E-state index in [1.54, 1.807) is 19.2 Å². The summed E-state index contributed by atoms with van der Waals surface area (Å²) >= 11 is 7.41. The van der Waals surface area contributed by atoms with Crippen molar-refractivity contribution < 1.29 is 14.2 Å². The average Bonchev–Trinajstić information content (AvgIpc) is 3.85. The van der Waals surface area contributed by atoms with E-state index in [9.17, 15) is 0 Å². The molecule has 0 amide bonds. The van der Waals surface area contributed by atoms with Gasteiger partial charge in [0.15, 0.2) is 19.2 Å². The first-order chi connectivity index (χ1) is 47.7. The van der Waals surface area contributed by atoms with E-state index in [0.29, 0.717) is 65.8 Å². The molecule has 14 nitrogen and oxygen atoms in total. The molecule has 9 aliphatic heterocycles. The lowest BCUT2D eigenvalue weighted by Gasteiger charge is -2.22. The van der Waals surface area contributed by atoms with Gasteiger partial charge in [-0.25, -0.2) is 0 Å². The molecule has 99 heavy (non-hydrogen) atoms. The van der Waals surface area contributed by atoms with Gasteiger partial charge in [0.1, 0.15) is 6.10 Å². The van der Waals surface area contributed by atoms with Crippen molar-refractivity contribution in [3.05, 3.63) is 0 Å². The Morgan fingerprint density at radius 3 is 1.16 bits per heavy atom. The van der Waals surface area contributed by atoms with Crippen LogP contribution in [0.5, 0.6) is 0 Å². The van der Waals surface area contributed by atoms with E-state index >= 15 is 0 Å². The van der Waals surface area contributed by atoms with Crippen LogP contribution >= 0.6 is 47.0 Å². The summed E-state index contributed by atoms with van der Waals surface area (Å²) in [5.41, 5.74) is 5.96. The van der Waals surface area contributed by atoms with Crippen LogP contribution in [-0.4, -0.2) is 165 Å². The molecule has 0 aliphatic carbocycles. The first-order valence-electron chi connectivity index (χ1n) is 40.2. The van der Waals surface area contributed by atoms with E-state index in [2.05, 4.69) is 180 Å². The quantitative estimate of drug-likeness (QED) is 0.229. The van der Waals surface area contributed by atoms with E-state index in [1.807, 2.05) is 195 Å². The van der Waals surface area contributed by atoms with Crippen LogP contribution in [0, 0.1) is 65.1 Å². The SMILES string of the molecule is CC.CC.CC.CC.CC.CC.CC.CC.CC.CC(C)C1=NCCCN1.CC(C)C1=NCCCS1.CC(C)C1CCN=CN1.CC(C)C1CCN=CO1.CC(C)C1CCOC=N1.CC(C)C1CCSC=N1.CC(C)C1CCSC=N1.CC(C)C1CN=COC1.CC(C)C1CN=CSC1. The van der Waals surface area contributed by atoms with Gasteiger partial charge in [-0.2, -0.15) is 0 Å². The zero-order chi connectivity index (χ0) is 78.2. The van der Waals surface area contributed by atoms with Crippen molar-refractivity contribution in [2.24, 2.45) is 110 Å². The van der Waals surface area contributed by atoms with Crippen molar-refractivity contribution in [3.8, 4) is 0 Å². The molecule has 0 saturated heterocycles. The molecular formula is C81H173N11O3S4. The highest BCUT2D eigenvalue weighted by molar-refractivity contribution is 8.14. The first kappa shape index (κ1) is 115. The van der Waals surface area contributed by atoms with Crippen LogP contribution in [0.1, 0.15) is 294 Å². The number of aliphatic imine (C=N–C) groups is 9. The second-order valence-corrected chi connectivity index (χ2v) is 28.5. The zero-order valence-corrected chi connectivity index (χ0v) is 75.6. The Morgan fingerprint density at radius 1 is 0.414 bits per heavy atom. The summed E-state index contributed by atoms with van der Waals surface area (Å²) in [7, 11) is 0. The number of amidine groups is 1. The normalized spacial score (nSPS) is 21.1. The third-order valence-corrected chi connectivity index (χ3v) is 18.3. The molecule has 0 radical (unpaired) electrons. The number of ether oxygens (including phenoxy) is 3. The van der Waals surface area contributed by atoms with Crippen LogP contribution in [0.3, 0.4) is 0 Å². The van der Waals surface area contributed by atoms with E-state index in [4.69, 9.17) is 14.2 Å². The summed E-state index contributed by atoms with van der Waals surface area (Å²) in [5, 5.41) is 7.84. The lowest BCUT2D eigenvalue weighted by atomic mass is 9.97. The van der Waals surface area contributed by atoms with Crippen molar-refractivity contribution >= 4 is 100 Å². The molecule has 9 aliphatic rings. The monoisotopic (exact) mass is 1480 g/mol. The van der Waals surface area contributed by atoms with Gasteiger partial charge < -0.3 is 24.8 Å². The average molecular weight is 1480 g/mol. The highest BCUT2D eigenvalue weighted by Gasteiger charge is 2.19. The van der Waals surface area contributed by atoms with Crippen LogP contribution < -0.4 is 10.6 Å². The maximum atomic E-state index is 5.25. The number of hydrogen-bond donors (Lipinski definition) is 2. The maximum absolute atomic E-state index is 5.25. The molecule has 0 aromatic heterocycles. The molecule has 9 heterocycles. The van der Waals surface area contributed by atoms with Crippen molar-refractivity contribution in [1.82, 2.24) is 10.6 Å². The van der Waals surface area contributed by atoms with Crippen LogP contribution in [0.15, 0.2) is 44.9 Å². The van der Waals surface area contributed by atoms with Crippen molar-refractivity contribution in [1.29, 1.82) is 0 Å².